The van der Waals surface area contributed by atoms with Crippen LogP contribution >= 0.6 is 0 Å². The maximum Gasteiger partial charge on any atom is 0.230 e. The van der Waals surface area contributed by atoms with E-state index in [4.69, 9.17) is 5.26 Å². The minimum atomic E-state index is -3.55. The van der Waals surface area contributed by atoms with Crippen LogP contribution in [0.15, 0.2) is 24.5 Å². The zero-order valence-corrected chi connectivity index (χ0v) is 10.7. The van der Waals surface area contributed by atoms with E-state index in [1.165, 1.54) is 11.4 Å². The van der Waals surface area contributed by atoms with Crippen molar-refractivity contribution in [3.8, 4) is 6.07 Å². The van der Waals surface area contributed by atoms with E-state index in [1.807, 2.05) is 6.07 Å². The predicted octanol–water partition coefficient (Wildman–Crippen LogP) is 1.15. The molecule has 0 bridgehead atoms. The second kappa shape index (κ2) is 5.75. The molecule has 1 atom stereocenters. The molecule has 0 aliphatic heterocycles. The van der Waals surface area contributed by atoms with Gasteiger partial charge in [0.2, 0.25) is 10.0 Å². The van der Waals surface area contributed by atoms with Gasteiger partial charge in [-0.25, -0.2) is 8.42 Å². The number of nitrogens with zero attached hydrogens (tertiary/aromatic N) is 3. The minimum Gasteiger partial charge on any atom is -0.264 e. The maximum absolute atomic E-state index is 12.0. The molecule has 0 saturated carbocycles. The van der Waals surface area contributed by atoms with E-state index in [9.17, 15) is 8.42 Å². The lowest BCUT2D eigenvalue weighted by Crippen LogP contribution is -2.34. The first kappa shape index (κ1) is 13.6. The molecule has 1 heterocycles. The summed E-state index contributed by atoms with van der Waals surface area (Å²) in [6, 6.07) is 5.36. The molecular weight excluding hydrogens is 238 g/mol. The first-order valence-electron chi connectivity index (χ1n) is 5.26. The van der Waals surface area contributed by atoms with Gasteiger partial charge in [0.05, 0.1) is 6.07 Å². The zero-order valence-electron chi connectivity index (χ0n) is 9.87. The molecule has 0 saturated heterocycles. The van der Waals surface area contributed by atoms with E-state index < -0.39 is 15.3 Å². The predicted molar refractivity (Wildman–Crippen MR) is 64.3 cm³/mol. The van der Waals surface area contributed by atoms with Crippen molar-refractivity contribution in [1.29, 1.82) is 5.26 Å². The number of aromatic nitrogens is 1. The number of rotatable bonds is 5. The Balaban J connectivity index is 2.84. The summed E-state index contributed by atoms with van der Waals surface area (Å²) in [4.78, 5) is 3.92. The van der Waals surface area contributed by atoms with Gasteiger partial charge in [-0.3, -0.25) is 4.98 Å². The van der Waals surface area contributed by atoms with Crippen molar-refractivity contribution in [2.45, 2.75) is 25.1 Å². The summed E-state index contributed by atoms with van der Waals surface area (Å²) in [6.45, 7) is 1.91. The van der Waals surface area contributed by atoms with Gasteiger partial charge >= 0.3 is 0 Å². The van der Waals surface area contributed by atoms with Crippen LogP contribution in [-0.2, 0) is 16.6 Å². The quantitative estimate of drug-likeness (QED) is 0.788. The summed E-state index contributed by atoms with van der Waals surface area (Å²) >= 11 is 0. The van der Waals surface area contributed by atoms with Crippen LogP contribution < -0.4 is 0 Å². The summed E-state index contributed by atoms with van der Waals surface area (Å²) in [5.41, 5.74) is 0.798. The molecule has 0 fully saturated rings. The fourth-order valence-corrected chi connectivity index (χ4v) is 2.74. The molecule has 17 heavy (non-hydrogen) atoms. The lowest BCUT2D eigenvalue weighted by Gasteiger charge is -2.19. The van der Waals surface area contributed by atoms with Gasteiger partial charge in [-0.15, -0.1) is 0 Å². The number of sulfonamides is 1. The number of hydrogen-bond acceptors (Lipinski definition) is 4. The van der Waals surface area contributed by atoms with Gasteiger partial charge < -0.3 is 0 Å². The van der Waals surface area contributed by atoms with E-state index in [1.54, 1.807) is 31.5 Å². The van der Waals surface area contributed by atoms with Crippen molar-refractivity contribution in [2.24, 2.45) is 0 Å². The smallest absolute Gasteiger partial charge is 0.230 e. The van der Waals surface area contributed by atoms with E-state index in [0.29, 0.717) is 0 Å². The number of hydrogen-bond donors (Lipinski definition) is 0. The Hall–Kier alpha value is -1.45. The molecule has 0 aromatic carbocycles. The van der Waals surface area contributed by atoms with Crippen molar-refractivity contribution in [3.05, 3.63) is 30.1 Å². The molecule has 0 radical (unpaired) electrons. The summed E-state index contributed by atoms with van der Waals surface area (Å²) in [5.74, 6) is 0. The Morgan fingerprint density at radius 2 is 2.29 bits per heavy atom. The van der Waals surface area contributed by atoms with Crippen LogP contribution in [0.4, 0.5) is 0 Å². The number of nitriles is 1. The van der Waals surface area contributed by atoms with Gasteiger partial charge in [-0.2, -0.15) is 9.57 Å². The van der Waals surface area contributed by atoms with Gasteiger partial charge in [0.25, 0.3) is 0 Å². The highest BCUT2D eigenvalue weighted by Crippen LogP contribution is 2.13. The molecule has 6 heteroatoms. The molecular formula is C11H15N3O2S. The van der Waals surface area contributed by atoms with Gasteiger partial charge in [-0.1, -0.05) is 13.0 Å². The molecule has 0 aliphatic rings. The average molecular weight is 253 g/mol. The molecule has 1 unspecified atom stereocenters. The minimum absolute atomic E-state index is 0.231. The second-order valence-corrected chi connectivity index (χ2v) is 5.91. The Kier molecular flexibility index (Phi) is 4.61. The van der Waals surface area contributed by atoms with Crippen LogP contribution in [-0.4, -0.2) is 30.0 Å². The Bertz CT molecular complexity index is 493. The zero-order chi connectivity index (χ0) is 12.9. The second-order valence-electron chi connectivity index (χ2n) is 3.69. The summed E-state index contributed by atoms with van der Waals surface area (Å²) in [7, 11) is -2.08. The Morgan fingerprint density at radius 1 is 1.59 bits per heavy atom. The highest BCUT2D eigenvalue weighted by molar-refractivity contribution is 7.89. The number of pyridine rings is 1. The highest BCUT2D eigenvalue weighted by atomic mass is 32.2. The summed E-state index contributed by atoms with van der Waals surface area (Å²) in [5, 5.41) is 7.83. The third-order valence-electron chi connectivity index (χ3n) is 2.44. The fraction of sp³-hybridized carbons (Fsp3) is 0.455. The van der Waals surface area contributed by atoms with Crippen molar-refractivity contribution in [1.82, 2.24) is 9.29 Å². The van der Waals surface area contributed by atoms with Gasteiger partial charge in [0.1, 0.15) is 0 Å². The largest absolute Gasteiger partial charge is 0.264 e. The van der Waals surface area contributed by atoms with Crippen LogP contribution in [0, 0.1) is 11.3 Å². The average Bonchev–Trinajstić information content (AvgIpc) is 2.31. The third kappa shape index (κ3) is 3.25. The lowest BCUT2D eigenvalue weighted by molar-refractivity contribution is 0.460. The van der Waals surface area contributed by atoms with E-state index in [2.05, 4.69) is 4.98 Å². The van der Waals surface area contributed by atoms with E-state index >= 15 is 0 Å². The Labute approximate surface area is 102 Å². The van der Waals surface area contributed by atoms with Crippen LogP contribution in [0.1, 0.15) is 18.9 Å². The molecule has 5 nitrogen and oxygen atoms in total. The fourth-order valence-electron chi connectivity index (χ4n) is 1.42. The molecule has 1 aromatic heterocycles. The first-order valence-corrected chi connectivity index (χ1v) is 6.76. The SMILES string of the molecule is CCC(C#N)S(=O)(=O)N(C)Cc1cccnc1. The van der Waals surface area contributed by atoms with Crippen LogP contribution in [0.2, 0.25) is 0 Å². The van der Waals surface area contributed by atoms with Crippen molar-refractivity contribution in [3.63, 3.8) is 0 Å². The molecule has 0 N–H and O–H groups in total. The molecule has 1 aromatic rings. The van der Waals surface area contributed by atoms with Crippen molar-refractivity contribution >= 4 is 10.0 Å². The summed E-state index contributed by atoms with van der Waals surface area (Å²) in [6.07, 6.45) is 3.53. The van der Waals surface area contributed by atoms with Crippen LogP contribution in [0.5, 0.6) is 0 Å². The Morgan fingerprint density at radius 3 is 2.76 bits per heavy atom. The van der Waals surface area contributed by atoms with Gasteiger partial charge in [0.15, 0.2) is 5.25 Å². The van der Waals surface area contributed by atoms with Crippen LogP contribution in [0.25, 0.3) is 0 Å². The van der Waals surface area contributed by atoms with Gasteiger partial charge in [0, 0.05) is 26.0 Å². The molecule has 0 spiro atoms. The van der Waals surface area contributed by atoms with Crippen LogP contribution in [0.3, 0.4) is 0 Å². The summed E-state index contributed by atoms with van der Waals surface area (Å²) < 4.78 is 25.2. The molecule has 92 valence electrons. The van der Waals surface area contributed by atoms with Gasteiger partial charge in [-0.05, 0) is 18.1 Å². The molecule has 1 rings (SSSR count). The normalized spacial score (nSPS) is 13.3. The topological polar surface area (TPSA) is 74.1 Å². The maximum atomic E-state index is 12.0. The molecule has 0 amide bonds. The third-order valence-corrected chi connectivity index (χ3v) is 4.59. The lowest BCUT2D eigenvalue weighted by atomic mass is 10.3. The van der Waals surface area contributed by atoms with E-state index in [-0.39, 0.29) is 13.0 Å². The van der Waals surface area contributed by atoms with Crippen molar-refractivity contribution in [2.75, 3.05) is 7.05 Å². The first-order chi connectivity index (χ1) is 8.02. The highest BCUT2D eigenvalue weighted by Gasteiger charge is 2.28. The molecule has 0 aliphatic carbocycles. The van der Waals surface area contributed by atoms with E-state index in [0.717, 1.165) is 5.56 Å². The standard InChI is InChI=1S/C11H15N3O2S/c1-3-11(7-12)17(15,16)14(2)9-10-5-4-6-13-8-10/h4-6,8,11H,3,9H2,1-2H3. The van der Waals surface area contributed by atoms with Crippen molar-refractivity contribution < 1.29 is 8.42 Å². The monoisotopic (exact) mass is 253 g/mol.